The Bertz CT molecular complexity index is 507. The molecule has 0 amide bonds. The molecule has 4 nitrogen and oxygen atoms in total. The molecule has 0 saturated carbocycles. The van der Waals surface area contributed by atoms with E-state index in [1.807, 2.05) is 25.4 Å². The van der Waals surface area contributed by atoms with Crippen LogP contribution in [0.25, 0.3) is 0 Å². The molecule has 0 aliphatic carbocycles. The number of aryl methyl sites for hydroxylation is 1. The van der Waals surface area contributed by atoms with E-state index < -0.39 is 0 Å². The second kappa shape index (κ2) is 3.93. The molecule has 0 aliphatic rings. The molecule has 0 unspecified atom stereocenters. The number of rotatable bonds is 2. The molecule has 0 atom stereocenters. The fourth-order valence-electron chi connectivity index (χ4n) is 1.46. The average Bonchev–Trinajstić information content (AvgIpc) is 2.65. The lowest BCUT2D eigenvalue weighted by Crippen LogP contribution is -1.93. The first kappa shape index (κ1) is 9.41. The molecule has 0 spiro atoms. The number of pyridine rings is 1. The summed E-state index contributed by atoms with van der Waals surface area (Å²) in [5, 5.41) is 12.9. The quantitative estimate of drug-likeness (QED) is 0.730. The lowest BCUT2D eigenvalue weighted by molar-refractivity contribution is 0.767. The summed E-state index contributed by atoms with van der Waals surface area (Å²) in [5.41, 5.74) is 2.51. The molecule has 2 aromatic heterocycles. The second-order valence-corrected chi connectivity index (χ2v) is 3.32. The van der Waals surface area contributed by atoms with Crippen molar-refractivity contribution in [2.75, 3.05) is 0 Å². The highest BCUT2D eigenvalue weighted by molar-refractivity contribution is 5.34. The summed E-state index contributed by atoms with van der Waals surface area (Å²) in [6, 6.07) is 5.84. The molecule has 4 heteroatoms. The van der Waals surface area contributed by atoms with Crippen LogP contribution in [0.4, 0.5) is 0 Å². The number of hydrogen-bond acceptors (Lipinski definition) is 3. The summed E-state index contributed by atoms with van der Waals surface area (Å²) in [7, 11) is 1.87. The average molecular weight is 198 g/mol. The van der Waals surface area contributed by atoms with E-state index in [-0.39, 0.29) is 0 Å². The third-order valence-corrected chi connectivity index (χ3v) is 2.15. The van der Waals surface area contributed by atoms with Gasteiger partial charge in [0.2, 0.25) is 0 Å². The van der Waals surface area contributed by atoms with Gasteiger partial charge in [0.05, 0.1) is 6.20 Å². The maximum Gasteiger partial charge on any atom is 0.143 e. The Hall–Kier alpha value is -2.15. The zero-order valence-corrected chi connectivity index (χ0v) is 8.38. The first-order valence-electron chi connectivity index (χ1n) is 4.61. The van der Waals surface area contributed by atoms with Crippen LogP contribution < -0.4 is 0 Å². The van der Waals surface area contributed by atoms with Gasteiger partial charge in [-0.05, 0) is 17.2 Å². The van der Waals surface area contributed by atoms with Crippen molar-refractivity contribution in [2.24, 2.45) is 7.05 Å². The summed E-state index contributed by atoms with van der Waals surface area (Å²) in [4.78, 5) is 4.01. The Balaban J connectivity index is 2.28. The third kappa shape index (κ3) is 2.02. The van der Waals surface area contributed by atoms with Gasteiger partial charge >= 0.3 is 0 Å². The van der Waals surface area contributed by atoms with Crippen LogP contribution >= 0.6 is 0 Å². The van der Waals surface area contributed by atoms with Gasteiger partial charge in [-0.1, -0.05) is 6.07 Å². The van der Waals surface area contributed by atoms with E-state index >= 15 is 0 Å². The maximum atomic E-state index is 8.87. The van der Waals surface area contributed by atoms with Crippen molar-refractivity contribution in [1.82, 2.24) is 14.8 Å². The number of hydrogen-bond donors (Lipinski definition) is 0. The molecule has 2 rings (SSSR count). The van der Waals surface area contributed by atoms with Crippen LogP contribution in [0.3, 0.4) is 0 Å². The van der Waals surface area contributed by atoms with Crippen LogP contribution in [-0.4, -0.2) is 14.8 Å². The van der Waals surface area contributed by atoms with E-state index in [0.29, 0.717) is 12.1 Å². The molecule has 0 radical (unpaired) electrons. The molecular weight excluding hydrogens is 188 g/mol. The minimum atomic E-state index is 0.487. The topological polar surface area (TPSA) is 54.5 Å². The molecule has 0 aromatic carbocycles. The first-order chi connectivity index (χ1) is 7.29. The van der Waals surface area contributed by atoms with Gasteiger partial charge in [0, 0.05) is 25.9 Å². The van der Waals surface area contributed by atoms with E-state index in [0.717, 1.165) is 11.1 Å². The van der Waals surface area contributed by atoms with Crippen LogP contribution in [0.1, 0.15) is 16.8 Å². The van der Waals surface area contributed by atoms with Gasteiger partial charge in [0.1, 0.15) is 11.8 Å². The smallest absolute Gasteiger partial charge is 0.143 e. The molecule has 2 heterocycles. The van der Waals surface area contributed by atoms with Gasteiger partial charge in [-0.2, -0.15) is 10.4 Å². The lowest BCUT2D eigenvalue weighted by atomic mass is 10.1. The predicted molar refractivity (Wildman–Crippen MR) is 55.0 cm³/mol. The van der Waals surface area contributed by atoms with Crippen molar-refractivity contribution in [3.05, 3.63) is 47.5 Å². The van der Waals surface area contributed by atoms with Crippen molar-refractivity contribution in [3.63, 3.8) is 0 Å². The molecule has 0 fully saturated rings. The standard InChI is InChI=1S/C11H10N4/c1-15-8-9(7-14-15)5-10-3-2-4-13-11(10)6-12/h2-4,7-8H,5H2,1H3. The summed E-state index contributed by atoms with van der Waals surface area (Å²) >= 11 is 0. The Kier molecular flexibility index (Phi) is 2.46. The number of aromatic nitrogens is 3. The SMILES string of the molecule is Cn1cc(Cc2cccnc2C#N)cn1. The molecular formula is C11H10N4. The molecule has 0 N–H and O–H groups in total. The van der Waals surface area contributed by atoms with Gasteiger partial charge < -0.3 is 0 Å². The van der Waals surface area contributed by atoms with Gasteiger partial charge in [0.25, 0.3) is 0 Å². The monoisotopic (exact) mass is 198 g/mol. The Morgan fingerprint density at radius 3 is 3.07 bits per heavy atom. The molecule has 0 bridgehead atoms. The van der Waals surface area contributed by atoms with Crippen molar-refractivity contribution >= 4 is 0 Å². The van der Waals surface area contributed by atoms with E-state index in [2.05, 4.69) is 16.2 Å². The molecule has 15 heavy (non-hydrogen) atoms. The van der Waals surface area contributed by atoms with Gasteiger partial charge in [0.15, 0.2) is 0 Å². The normalized spacial score (nSPS) is 9.87. The van der Waals surface area contributed by atoms with Crippen molar-refractivity contribution in [1.29, 1.82) is 5.26 Å². The van der Waals surface area contributed by atoms with E-state index in [4.69, 9.17) is 5.26 Å². The second-order valence-electron chi connectivity index (χ2n) is 3.32. The molecule has 2 aromatic rings. The molecule has 74 valence electrons. The predicted octanol–water partition coefficient (Wildman–Crippen LogP) is 1.28. The van der Waals surface area contributed by atoms with Gasteiger partial charge in [-0.3, -0.25) is 4.68 Å². The molecule has 0 aliphatic heterocycles. The zero-order chi connectivity index (χ0) is 10.7. The summed E-state index contributed by atoms with van der Waals surface area (Å²) in [5.74, 6) is 0. The first-order valence-corrected chi connectivity index (χ1v) is 4.61. The minimum Gasteiger partial charge on any atom is -0.276 e. The van der Waals surface area contributed by atoms with E-state index in [1.165, 1.54) is 0 Å². The van der Waals surface area contributed by atoms with Crippen molar-refractivity contribution in [2.45, 2.75) is 6.42 Å². The zero-order valence-electron chi connectivity index (χ0n) is 8.38. The number of nitriles is 1. The largest absolute Gasteiger partial charge is 0.276 e. The van der Waals surface area contributed by atoms with Crippen LogP contribution in [0.5, 0.6) is 0 Å². The van der Waals surface area contributed by atoms with Crippen LogP contribution in [-0.2, 0) is 13.5 Å². The molecule has 0 saturated heterocycles. The summed E-state index contributed by atoms with van der Waals surface area (Å²) in [6.07, 6.45) is 6.07. The van der Waals surface area contributed by atoms with E-state index in [1.54, 1.807) is 17.1 Å². The number of nitrogens with zero attached hydrogens (tertiary/aromatic N) is 4. The Morgan fingerprint density at radius 2 is 2.40 bits per heavy atom. The summed E-state index contributed by atoms with van der Waals surface area (Å²) in [6.45, 7) is 0. The van der Waals surface area contributed by atoms with Crippen molar-refractivity contribution < 1.29 is 0 Å². The minimum absolute atomic E-state index is 0.487. The summed E-state index contributed by atoms with van der Waals surface area (Å²) < 4.78 is 1.75. The fraction of sp³-hybridized carbons (Fsp3) is 0.182. The highest BCUT2D eigenvalue weighted by atomic mass is 15.2. The maximum absolute atomic E-state index is 8.87. The lowest BCUT2D eigenvalue weighted by Gasteiger charge is -1.99. The fourth-order valence-corrected chi connectivity index (χ4v) is 1.46. The van der Waals surface area contributed by atoms with Gasteiger partial charge in [-0.15, -0.1) is 0 Å². The Morgan fingerprint density at radius 1 is 1.53 bits per heavy atom. The Labute approximate surface area is 87.8 Å². The van der Waals surface area contributed by atoms with Crippen LogP contribution in [0.15, 0.2) is 30.7 Å². The van der Waals surface area contributed by atoms with Crippen LogP contribution in [0.2, 0.25) is 0 Å². The van der Waals surface area contributed by atoms with Crippen LogP contribution in [0, 0.1) is 11.3 Å². The van der Waals surface area contributed by atoms with Crippen molar-refractivity contribution in [3.8, 4) is 6.07 Å². The highest BCUT2D eigenvalue weighted by Crippen LogP contribution is 2.10. The highest BCUT2D eigenvalue weighted by Gasteiger charge is 2.04. The third-order valence-electron chi connectivity index (χ3n) is 2.15. The van der Waals surface area contributed by atoms with Gasteiger partial charge in [-0.25, -0.2) is 4.98 Å². The van der Waals surface area contributed by atoms with E-state index in [9.17, 15) is 0 Å².